The smallest absolute Gasteiger partial charge is 0.291 e. The third-order valence-electron chi connectivity index (χ3n) is 3.27. The van der Waals surface area contributed by atoms with E-state index in [1.165, 1.54) is 0 Å². The Morgan fingerprint density at radius 3 is 2.50 bits per heavy atom. The summed E-state index contributed by atoms with van der Waals surface area (Å²) in [4.78, 5) is 12.2. The molecule has 0 aliphatic rings. The van der Waals surface area contributed by atoms with Crippen LogP contribution >= 0.6 is 0 Å². The van der Waals surface area contributed by atoms with Crippen molar-refractivity contribution in [2.45, 2.75) is 13.8 Å². The number of hydrogen-bond donors (Lipinski definition) is 1. The van der Waals surface area contributed by atoms with Gasteiger partial charge in [0.25, 0.3) is 5.91 Å². The molecule has 1 N–H and O–H groups in total. The van der Waals surface area contributed by atoms with Crippen molar-refractivity contribution in [3.8, 4) is 0 Å². The number of furan rings is 1. The van der Waals surface area contributed by atoms with Crippen LogP contribution in [0.25, 0.3) is 11.0 Å². The molecular formula is C17H15NO2. The van der Waals surface area contributed by atoms with Crippen molar-refractivity contribution < 1.29 is 9.21 Å². The average Bonchev–Trinajstić information content (AvgIpc) is 2.87. The molecule has 2 aromatic carbocycles. The van der Waals surface area contributed by atoms with E-state index in [1.807, 2.05) is 56.3 Å². The van der Waals surface area contributed by atoms with Gasteiger partial charge in [0.2, 0.25) is 0 Å². The predicted molar refractivity (Wildman–Crippen MR) is 80.1 cm³/mol. The van der Waals surface area contributed by atoms with Gasteiger partial charge < -0.3 is 9.73 Å². The van der Waals surface area contributed by atoms with Crippen molar-refractivity contribution in [2.75, 3.05) is 5.32 Å². The first-order valence-electron chi connectivity index (χ1n) is 6.51. The van der Waals surface area contributed by atoms with Crippen molar-refractivity contribution in [3.63, 3.8) is 0 Å². The van der Waals surface area contributed by atoms with Crippen molar-refractivity contribution in [1.82, 2.24) is 0 Å². The van der Waals surface area contributed by atoms with Crippen molar-refractivity contribution >= 4 is 22.6 Å². The molecule has 3 aromatic rings. The fourth-order valence-electron chi connectivity index (χ4n) is 2.15. The number of carbonyl (C=O) groups is 1. The Balaban J connectivity index is 1.89. The summed E-state index contributed by atoms with van der Waals surface area (Å²) in [5.41, 5.74) is 3.71. The minimum absolute atomic E-state index is 0.232. The molecule has 0 bridgehead atoms. The zero-order chi connectivity index (χ0) is 14.1. The summed E-state index contributed by atoms with van der Waals surface area (Å²) in [5.74, 6) is 0.0966. The van der Waals surface area contributed by atoms with Crippen LogP contribution in [0, 0.1) is 13.8 Å². The van der Waals surface area contributed by atoms with Gasteiger partial charge in [0.1, 0.15) is 5.58 Å². The van der Waals surface area contributed by atoms with Gasteiger partial charge in [0, 0.05) is 11.1 Å². The van der Waals surface area contributed by atoms with Gasteiger partial charge >= 0.3 is 0 Å². The summed E-state index contributed by atoms with van der Waals surface area (Å²) >= 11 is 0. The Bertz CT molecular complexity index is 769. The van der Waals surface area contributed by atoms with Crippen LogP contribution in [0.3, 0.4) is 0 Å². The van der Waals surface area contributed by atoms with Crippen molar-refractivity contribution in [3.05, 3.63) is 65.4 Å². The first-order chi connectivity index (χ1) is 9.63. The van der Waals surface area contributed by atoms with E-state index in [0.29, 0.717) is 5.76 Å². The number of para-hydroxylation sites is 1. The van der Waals surface area contributed by atoms with E-state index < -0.39 is 0 Å². The van der Waals surface area contributed by atoms with Crippen LogP contribution in [0.15, 0.2) is 52.9 Å². The molecule has 0 saturated carbocycles. The third-order valence-corrected chi connectivity index (χ3v) is 3.27. The molecule has 100 valence electrons. The van der Waals surface area contributed by atoms with Gasteiger partial charge in [-0.1, -0.05) is 35.9 Å². The number of hydrogen-bond acceptors (Lipinski definition) is 2. The van der Waals surface area contributed by atoms with E-state index in [9.17, 15) is 4.79 Å². The fraction of sp³-hybridized carbons (Fsp3) is 0.118. The quantitative estimate of drug-likeness (QED) is 0.750. The summed E-state index contributed by atoms with van der Waals surface area (Å²) in [7, 11) is 0. The second-order valence-electron chi connectivity index (χ2n) is 4.92. The number of aryl methyl sites for hydroxylation is 2. The molecule has 0 unspecified atom stereocenters. The highest BCUT2D eigenvalue weighted by atomic mass is 16.3. The molecular weight excluding hydrogens is 250 g/mol. The molecule has 0 radical (unpaired) electrons. The predicted octanol–water partition coefficient (Wildman–Crippen LogP) is 4.30. The fourth-order valence-corrected chi connectivity index (χ4v) is 2.15. The standard InChI is InChI=1S/C17H15NO2/c1-11-6-8-14(9-7-11)18-17(19)15-10-13-5-3-4-12(2)16(13)20-15/h3-10H,1-2H3,(H,18,19). The molecule has 3 nitrogen and oxygen atoms in total. The number of carbonyl (C=O) groups excluding carboxylic acids is 1. The highest BCUT2D eigenvalue weighted by Crippen LogP contribution is 2.23. The third kappa shape index (κ3) is 2.30. The summed E-state index contributed by atoms with van der Waals surface area (Å²) < 4.78 is 5.64. The van der Waals surface area contributed by atoms with Crippen LogP contribution < -0.4 is 5.32 Å². The number of anilines is 1. The molecule has 0 aliphatic carbocycles. The van der Waals surface area contributed by atoms with Gasteiger partial charge in [0.05, 0.1) is 0 Å². The molecule has 0 saturated heterocycles. The molecule has 20 heavy (non-hydrogen) atoms. The van der Waals surface area contributed by atoms with Crippen LogP contribution in [0.5, 0.6) is 0 Å². The van der Waals surface area contributed by atoms with Crippen LogP contribution in [0.2, 0.25) is 0 Å². The zero-order valence-electron chi connectivity index (χ0n) is 11.4. The number of benzene rings is 2. The molecule has 0 aliphatic heterocycles. The summed E-state index contributed by atoms with van der Waals surface area (Å²) in [5, 5.41) is 3.78. The number of fused-ring (bicyclic) bond motifs is 1. The molecule has 3 heteroatoms. The molecule has 3 rings (SSSR count). The lowest BCUT2D eigenvalue weighted by Crippen LogP contribution is -2.10. The molecule has 0 atom stereocenters. The second kappa shape index (κ2) is 4.85. The van der Waals surface area contributed by atoms with Crippen LogP contribution in [-0.4, -0.2) is 5.91 Å². The zero-order valence-corrected chi connectivity index (χ0v) is 11.4. The maximum Gasteiger partial charge on any atom is 0.291 e. The van der Waals surface area contributed by atoms with Gasteiger partial charge in [-0.15, -0.1) is 0 Å². The molecule has 0 fully saturated rings. The minimum atomic E-state index is -0.232. The highest BCUT2D eigenvalue weighted by molar-refractivity contribution is 6.04. The SMILES string of the molecule is Cc1ccc(NC(=O)c2cc3cccc(C)c3o2)cc1. The molecule has 0 spiro atoms. The Labute approximate surface area is 117 Å². The number of amides is 1. The first kappa shape index (κ1) is 12.5. The van der Waals surface area contributed by atoms with Crippen molar-refractivity contribution in [1.29, 1.82) is 0 Å². The lowest BCUT2D eigenvalue weighted by molar-refractivity contribution is 0.0998. The maximum absolute atomic E-state index is 12.2. The van der Waals surface area contributed by atoms with E-state index in [-0.39, 0.29) is 5.91 Å². The van der Waals surface area contributed by atoms with Gasteiger partial charge in [0.15, 0.2) is 5.76 Å². The molecule has 1 aromatic heterocycles. The van der Waals surface area contributed by atoms with Crippen molar-refractivity contribution in [2.24, 2.45) is 0 Å². The number of nitrogens with one attached hydrogen (secondary N) is 1. The Kier molecular flexibility index (Phi) is 3.03. The Morgan fingerprint density at radius 1 is 1.05 bits per heavy atom. The van der Waals surface area contributed by atoms with Gasteiger partial charge in [-0.3, -0.25) is 4.79 Å². The van der Waals surface area contributed by atoms with E-state index >= 15 is 0 Å². The normalized spacial score (nSPS) is 10.7. The Hall–Kier alpha value is -2.55. The maximum atomic E-state index is 12.2. The summed E-state index contributed by atoms with van der Waals surface area (Å²) in [6.07, 6.45) is 0. The van der Waals surface area contributed by atoms with E-state index in [2.05, 4.69) is 5.32 Å². The van der Waals surface area contributed by atoms with E-state index in [0.717, 1.165) is 27.8 Å². The monoisotopic (exact) mass is 265 g/mol. The topological polar surface area (TPSA) is 42.2 Å². The van der Waals surface area contributed by atoms with Gasteiger partial charge in [-0.25, -0.2) is 0 Å². The minimum Gasteiger partial charge on any atom is -0.451 e. The van der Waals surface area contributed by atoms with Gasteiger partial charge in [-0.05, 0) is 37.6 Å². The van der Waals surface area contributed by atoms with Crippen LogP contribution in [-0.2, 0) is 0 Å². The highest BCUT2D eigenvalue weighted by Gasteiger charge is 2.13. The summed E-state index contributed by atoms with van der Waals surface area (Å²) in [6.45, 7) is 3.97. The Morgan fingerprint density at radius 2 is 1.80 bits per heavy atom. The lowest BCUT2D eigenvalue weighted by atomic mass is 10.2. The van der Waals surface area contributed by atoms with E-state index in [4.69, 9.17) is 4.42 Å². The largest absolute Gasteiger partial charge is 0.451 e. The first-order valence-corrected chi connectivity index (χ1v) is 6.51. The summed E-state index contributed by atoms with van der Waals surface area (Å²) in [6, 6.07) is 15.3. The molecule has 1 heterocycles. The van der Waals surface area contributed by atoms with Gasteiger partial charge in [-0.2, -0.15) is 0 Å². The second-order valence-corrected chi connectivity index (χ2v) is 4.92. The van der Waals surface area contributed by atoms with E-state index in [1.54, 1.807) is 6.07 Å². The lowest BCUT2D eigenvalue weighted by Gasteiger charge is -2.03. The number of rotatable bonds is 2. The van der Waals surface area contributed by atoms with Crippen LogP contribution in [0.4, 0.5) is 5.69 Å². The molecule has 1 amide bonds. The average molecular weight is 265 g/mol. The van der Waals surface area contributed by atoms with Crippen LogP contribution in [0.1, 0.15) is 21.7 Å².